The lowest BCUT2D eigenvalue weighted by Gasteiger charge is -2.27. The van der Waals surface area contributed by atoms with Crippen molar-refractivity contribution in [1.82, 2.24) is 25.1 Å². The largest absolute Gasteiger partial charge is 0.358 e. The lowest BCUT2D eigenvalue weighted by molar-refractivity contribution is -0.121. The number of rotatable bonds is 5. The first-order valence-corrected chi connectivity index (χ1v) is 9.65. The molecule has 0 unspecified atom stereocenters. The van der Waals surface area contributed by atoms with Crippen LogP contribution in [0.15, 0.2) is 48.9 Å². The zero-order valence-corrected chi connectivity index (χ0v) is 16.0. The molecule has 1 aromatic carbocycles. The number of aromatic nitrogens is 4. The molecule has 1 saturated heterocycles. The summed E-state index contributed by atoms with van der Waals surface area (Å²) in [6.07, 6.45) is 7.19. The SMILES string of the molecule is CNC(=O)Cn1ccc(-c2cccc(-c3cc(N4CCCCC4)ncn3)c2)n1. The van der Waals surface area contributed by atoms with Crippen molar-refractivity contribution >= 4 is 11.7 Å². The minimum Gasteiger partial charge on any atom is -0.358 e. The van der Waals surface area contributed by atoms with Gasteiger partial charge >= 0.3 is 0 Å². The molecule has 4 rings (SSSR count). The maximum absolute atomic E-state index is 11.5. The van der Waals surface area contributed by atoms with Crippen LogP contribution in [0.25, 0.3) is 22.5 Å². The standard InChI is InChI=1S/C21H24N6O/c1-22-21(28)14-27-11-8-18(25-27)16-6-5-7-17(12-16)19-13-20(24-15-23-19)26-9-3-2-4-10-26/h5-8,11-13,15H,2-4,9-10,14H2,1H3,(H,22,28). The van der Waals surface area contributed by atoms with Crippen molar-refractivity contribution in [2.24, 2.45) is 0 Å². The second kappa shape index (κ2) is 8.21. The highest BCUT2D eigenvalue weighted by molar-refractivity contribution is 5.75. The van der Waals surface area contributed by atoms with E-state index in [9.17, 15) is 4.79 Å². The summed E-state index contributed by atoms with van der Waals surface area (Å²) < 4.78 is 1.64. The van der Waals surface area contributed by atoms with Gasteiger partial charge in [-0.1, -0.05) is 18.2 Å². The third-order valence-electron chi connectivity index (χ3n) is 5.01. The number of nitrogens with one attached hydrogen (secondary N) is 1. The molecule has 1 N–H and O–H groups in total. The Morgan fingerprint density at radius 2 is 1.82 bits per heavy atom. The average molecular weight is 376 g/mol. The van der Waals surface area contributed by atoms with Gasteiger partial charge in [0.25, 0.3) is 0 Å². The van der Waals surface area contributed by atoms with Crippen LogP contribution >= 0.6 is 0 Å². The van der Waals surface area contributed by atoms with Gasteiger partial charge in [-0.25, -0.2) is 9.97 Å². The summed E-state index contributed by atoms with van der Waals surface area (Å²) in [6, 6.07) is 12.1. The molecule has 0 aliphatic carbocycles. The Morgan fingerprint density at radius 1 is 1.04 bits per heavy atom. The summed E-state index contributed by atoms with van der Waals surface area (Å²) in [5, 5.41) is 7.12. The smallest absolute Gasteiger partial charge is 0.241 e. The van der Waals surface area contributed by atoms with E-state index >= 15 is 0 Å². The highest BCUT2D eigenvalue weighted by Gasteiger charge is 2.14. The van der Waals surface area contributed by atoms with Gasteiger partial charge in [0, 0.05) is 43.5 Å². The van der Waals surface area contributed by atoms with E-state index < -0.39 is 0 Å². The van der Waals surface area contributed by atoms with Gasteiger partial charge in [0.2, 0.25) is 5.91 Å². The van der Waals surface area contributed by atoms with E-state index in [1.165, 1.54) is 19.3 Å². The molecule has 1 aliphatic rings. The normalized spacial score (nSPS) is 14.1. The predicted molar refractivity (Wildman–Crippen MR) is 109 cm³/mol. The summed E-state index contributed by atoms with van der Waals surface area (Å²) in [5.41, 5.74) is 3.75. The Balaban J connectivity index is 1.58. The topological polar surface area (TPSA) is 75.9 Å². The average Bonchev–Trinajstić information content (AvgIpc) is 3.23. The van der Waals surface area contributed by atoms with Crippen LogP contribution in [0.4, 0.5) is 5.82 Å². The number of carbonyl (C=O) groups excluding carboxylic acids is 1. The number of anilines is 1. The molecule has 0 atom stereocenters. The van der Waals surface area contributed by atoms with Crippen molar-refractivity contribution in [3.8, 4) is 22.5 Å². The summed E-state index contributed by atoms with van der Waals surface area (Å²) in [6.45, 7) is 2.32. The fraction of sp³-hybridized carbons (Fsp3) is 0.333. The third-order valence-corrected chi connectivity index (χ3v) is 5.01. The molecule has 0 radical (unpaired) electrons. The van der Waals surface area contributed by atoms with Crippen molar-refractivity contribution in [2.75, 3.05) is 25.0 Å². The van der Waals surface area contributed by atoms with Gasteiger partial charge in [-0.05, 0) is 31.4 Å². The highest BCUT2D eigenvalue weighted by atomic mass is 16.1. The Bertz CT molecular complexity index is 961. The first kappa shape index (κ1) is 18.2. The van der Waals surface area contributed by atoms with Crippen molar-refractivity contribution in [2.45, 2.75) is 25.8 Å². The van der Waals surface area contributed by atoms with Gasteiger partial charge in [-0.3, -0.25) is 9.48 Å². The molecule has 7 heteroatoms. The molecular weight excluding hydrogens is 352 g/mol. The number of piperidine rings is 1. The number of likely N-dealkylation sites (N-methyl/N-ethyl adjacent to an activating group) is 1. The van der Waals surface area contributed by atoms with Gasteiger partial charge in [-0.15, -0.1) is 0 Å². The van der Waals surface area contributed by atoms with Gasteiger partial charge in [-0.2, -0.15) is 5.10 Å². The lowest BCUT2D eigenvalue weighted by atomic mass is 10.1. The Kier molecular flexibility index (Phi) is 5.32. The van der Waals surface area contributed by atoms with Crippen LogP contribution in [-0.4, -0.2) is 45.8 Å². The van der Waals surface area contributed by atoms with Crippen molar-refractivity contribution < 1.29 is 4.79 Å². The van der Waals surface area contributed by atoms with Crippen LogP contribution in [0.1, 0.15) is 19.3 Å². The van der Waals surface area contributed by atoms with E-state index in [-0.39, 0.29) is 12.5 Å². The summed E-state index contributed by atoms with van der Waals surface area (Å²) in [7, 11) is 1.62. The third kappa shape index (κ3) is 4.03. The van der Waals surface area contributed by atoms with E-state index in [2.05, 4.69) is 37.4 Å². The lowest BCUT2D eigenvalue weighted by Crippen LogP contribution is -2.30. The molecule has 7 nitrogen and oxygen atoms in total. The minimum atomic E-state index is -0.0744. The number of nitrogens with zero attached hydrogens (tertiary/aromatic N) is 5. The predicted octanol–water partition coefficient (Wildman–Crippen LogP) is 2.74. The molecule has 28 heavy (non-hydrogen) atoms. The number of hydrogen-bond acceptors (Lipinski definition) is 5. The van der Waals surface area contributed by atoms with Gasteiger partial charge in [0.15, 0.2) is 0 Å². The molecule has 1 aliphatic heterocycles. The van der Waals surface area contributed by atoms with Crippen molar-refractivity contribution in [3.63, 3.8) is 0 Å². The summed E-state index contributed by atoms with van der Waals surface area (Å²) in [5.74, 6) is 0.916. The highest BCUT2D eigenvalue weighted by Crippen LogP contribution is 2.26. The second-order valence-electron chi connectivity index (χ2n) is 6.96. The Morgan fingerprint density at radius 3 is 2.61 bits per heavy atom. The zero-order valence-electron chi connectivity index (χ0n) is 16.0. The maximum atomic E-state index is 11.5. The molecule has 0 spiro atoms. The molecule has 3 aromatic rings. The van der Waals surface area contributed by atoms with Crippen LogP contribution in [0.3, 0.4) is 0 Å². The minimum absolute atomic E-state index is 0.0744. The summed E-state index contributed by atoms with van der Waals surface area (Å²) >= 11 is 0. The molecular formula is C21H24N6O. The maximum Gasteiger partial charge on any atom is 0.241 e. The van der Waals surface area contributed by atoms with E-state index in [0.717, 1.165) is 41.4 Å². The van der Waals surface area contributed by atoms with Crippen molar-refractivity contribution in [1.29, 1.82) is 0 Å². The summed E-state index contributed by atoms with van der Waals surface area (Å²) in [4.78, 5) is 22.8. The number of amides is 1. The van der Waals surface area contributed by atoms with E-state index in [1.54, 1.807) is 18.1 Å². The first-order valence-electron chi connectivity index (χ1n) is 9.65. The fourth-order valence-corrected chi connectivity index (χ4v) is 3.47. The molecule has 0 saturated carbocycles. The van der Waals surface area contributed by atoms with Crippen LogP contribution in [0.2, 0.25) is 0 Å². The fourth-order valence-electron chi connectivity index (χ4n) is 3.47. The van der Waals surface area contributed by atoms with E-state index in [0.29, 0.717) is 0 Å². The van der Waals surface area contributed by atoms with Crippen molar-refractivity contribution in [3.05, 3.63) is 48.9 Å². The monoisotopic (exact) mass is 376 g/mol. The first-order chi connectivity index (χ1) is 13.7. The molecule has 1 fully saturated rings. The Hall–Kier alpha value is -3.22. The zero-order chi connectivity index (χ0) is 19.3. The van der Waals surface area contributed by atoms with Gasteiger partial charge < -0.3 is 10.2 Å². The molecule has 1 amide bonds. The number of benzene rings is 1. The molecule has 3 heterocycles. The molecule has 2 aromatic heterocycles. The van der Waals surface area contributed by atoms with Crippen LogP contribution in [-0.2, 0) is 11.3 Å². The number of hydrogen-bond donors (Lipinski definition) is 1. The van der Waals surface area contributed by atoms with Crippen LogP contribution in [0, 0.1) is 0 Å². The second-order valence-corrected chi connectivity index (χ2v) is 6.96. The van der Waals surface area contributed by atoms with E-state index in [4.69, 9.17) is 0 Å². The molecule has 0 bridgehead atoms. The Labute approximate surface area is 164 Å². The van der Waals surface area contributed by atoms with E-state index in [1.807, 2.05) is 30.5 Å². The quantitative estimate of drug-likeness (QED) is 0.741. The number of carbonyl (C=O) groups is 1. The van der Waals surface area contributed by atoms with Crippen LogP contribution in [0.5, 0.6) is 0 Å². The molecule has 144 valence electrons. The van der Waals surface area contributed by atoms with Gasteiger partial charge in [0.05, 0.1) is 11.4 Å². The van der Waals surface area contributed by atoms with Crippen LogP contribution < -0.4 is 10.2 Å². The van der Waals surface area contributed by atoms with Gasteiger partial charge in [0.1, 0.15) is 18.7 Å².